The van der Waals surface area contributed by atoms with Gasteiger partial charge in [-0.1, -0.05) is 67.6 Å². The van der Waals surface area contributed by atoms with Gasteiger partial charge in [-0.25, -0.2) is 0 Å². The zero-order chi connectivity index (χ0) is 13.5. The molecule has 2 heteroatoms. The van der Waals surface area contributed by atoms with Crippen molar-refractivity contribution in [1.29, 1.82) is 0 Å². The Labute approximate surface area is 116 Å². The molecule has 0 N–H and O–H groups in total. The summed E-state index contributed by atoms with van der Waals surface area (Å²) in [6.07, 6.45) is 2.91. The van der Waals surface area contributed by atoms with Gasteiger partial charge in [0, 0.05) is 0 Å². The van der Waals surface area contributed by atoms with Gasteiger partial charge < -0.3 is 4.74 Å². The maximum atomic E-state index is 5.27. The van der Waals surface area contributed by atoms with E-state index in [1.165, 1.54) is 15.9 Å². The molecule has 0 fully saturated rings. The molecule has 0 aliphatic heterocycles. The Morgan fingerprint density at radius 3 is 1.79 bits per heavy atom. The van der Waals surface area contributed by atoms with Crippen LogP contribution in [0.4, 0.5) is 0 Å². The van der Waals surface area contributed by atoms with E-state index in [1.54, 1.807) is 7.11 Å². The van der Waals surface area contributed by atoms with Crippen LogP contribution in [0.5, 0.6) is 0 Å². The van der Waals surface area contributed by atoms with Crippen LogP contribution in [0.25, 0.3) is 0 Å². The molecule has 0 radical (unpaired) electrons. The van der Waals surface area contributed by atoms with Crippen molar-refractivity contribution in [3.63, 3.8) is 0 Å². The van der Waals surface area contributed by atoms with Gasteiger partial charge in [0.1, 0.15) is 0 Å². The fourth-order valence-corrected chi connectivity index (χ4v) is 4.49. The Bertz CT molecular complexity index is 480. The number of hydrogen-bond donors (Lipinski definition) is 0. The number of allylic oxidation sites excluding steroid dienone is 1. The molecule has 0 saturated heterocycles. The van der Waals surface area contributed by atoms with E-state index in [0.717, 1.165) is 6.42 Å². The average molecular weight is 270 g/mol. The van der Waals surface area contributed by atoms with Crippen molar-refractivity contribution in [2.45, 2.75) is 13.3 Å². The zero-order valence-electron chi connectivity index (χ0n) is 11.4. The molecule has 19 heavy (non-hydrogen) atoms. The molecular formula is C17H19OP. The molecule has 0 atom stereocenters. The fourth-order valence-electron chi connectivity index (χ4n) is 2.07. The molecule has 0 heterocycles. The summed E-state index contributed by atoms with van der Waals surface area (Å²) in [6.45, 7) is 2.19. The topological polar surface area (TPSA) is 9.23 Å². The van der Waals surface area contributed by atoms with E-state index in [1.807, 2.05) is 6.26 Å². The smallest absolute Gasteiger partial charge is 0.0867 e. The monoisotopic (exact) mass is 270 g/mol. The summed E-state index contributed by atoms with van der Waals surface area (Å²) in [5, 5.41) is 4.10. The van der Waals surface area contributed by atoms with Crippen molar-refractivity contribution < 1.29 is 4.74 Å². The molecule has 0 spiro atoms. The lowest BCUT2D eigenvalue weighted by atomic mass is 10.4. The maximum Gasteiger partial charge on any atom is 0.0867 e. The predicted octanol–water partition coefficient (Wildman–Crippen LogP) is 4.02. The summed E-state index contributed by atoms with van der Waals surface area (Å²) in [6, 6.07) is 21.4. The average Bonchev–Trinajstić information content (AvgIpc) is 2.49. The van der Waals surface area contributed by atoms with Gasteiger partial charge in [-0.05, 0) is 30.3 Å². The minimum atomic E-state index is -0.484. The van der Waals surface area contributed by atoms with Gasteiger partial charge in [0.15, 0.2) is 0 Å². The molecule has 0 aliphatic rings. The summed E-state index contributed by atoms with van der Waals surface area (Å²) in [5.41, 5.74) is 0. The quantitative estimate of drug-likeness (QED) is 0.589. The van der Waals surface area contributed by atoms with Crippen molar-refractivity contribution in [2.75, 3.05) is 7.11 Å². The highest BCUT2D eigenvalue weighted by Gasteiger charge is 2.17. The number of hydrogen-bond acceptors (Lipinski definition) is 1. The second kappa shape index (κ2) is 7.11. The van der Waals surface area contributed by atoms with Crippen LogP contribution < -0.4 is 10.6 Å². The van der Waals surface area contributed by atoms with E-state index in [0.29, 0.717) is 0 Å². The van der Waals surface area contributed by atoms with Gasteiger partial charge >= 0.3 is 0 Å². The minimum absolute atomic E-state index is 0.484. The molecule has 0 amide bonds. The van der Waals surface area contributed by atoms with Gasteiger partial charge in [0.25, 0.3) is 0 Å². The molecular weight excluding hydrogens is 251 g/mol. The van der Waals surface area contributed by atoms with Gasteiger partial charge in [0.05, 0.1) is 13.4 Å². The van der Waals surface area contributed by atoms with Crippen LogP contribution in [0, 0.1) is 0 Å². The van der Waals surface area contributed by atoms with Gasteiger partial charge in [0.2, 0.25) is 0 Å². The van der Waals surface area contributed by atoms with E-state index in [2.05, 4.69) is 67.6 Å². The van der Waals surface area contributed by atoms with E-state index in [-0.39, 0.29) is 0 Å². The lowest BCUT2D eigenvalue weighted by Gasteiger charge is -2.21. The first kappa shape index (κ1) is 13.8. The molecule has 2 aromatic carbocycles. The molecule has 0 aromatic heterocycles. The summed E-state index contributed by atoms with van der Waals surface area (Å²) in [5.74, 6) is 0. The second-order valence-corrected chi connectivity index (χ2v) is 6.48. The third-order valence-corrected chi connectivity index (χ3v) is 5.56. The lowest BCUT2D eigenvalue weighted by molar-refractivity contribution is 0.335. The van der Waals surface area contributed by atoms with Gasteiger partial charge in [-0.2, -0.15) is 0 Å². The Hall–Kier alpha value is -1.59. The highest BCUT2D eigenvalue weighted by atomic mass is 31.1. The van der Waals surface area contributed by atoms with Crippen molar-refractivity contribution in [1.82, 2.24) is 0 Å². The molecule has 1 nitrogen and oxygen atoms in total. The highest BCUT2D eigenvalue weighted by Crippen LogP contribution is 2.44. The van der Waals surface area contributed by atoms with E-state index < -0.39 is 7.92 Å². The van der Waals surface area contributed by atoms with Gasteiger partial charge in [-0.3, -0.25) is 0 Å². The van der Waals surface area contributed by atoms with Crippen LogP contribution in [0.1, 0.15) is 13.3 Å². The maximum absolute atomic E-state index is 5.27. The Morgan fingerprint density at radius 2 is 1.42 bits per heavy atom. The van der Waals surface area contributed by atoms with Crippen LogP contribution >= 0.6 is 7.92 Å². The van der Waals surface area contributed by atoms with Crippen LogP contribution in [-0.4, -0.2) is 7.11 Å². The molecule has 0 saturated carbocycles. The summed E-state index contributed by atoms with van der Waals surface area (Å²) in [4.78, 5) is 0. The van der Waals surface area contributed by atoms with Crippen molar-refractivity contribution >= 4 is 18.5 Å². The molecule has 98 valence electrons. The zero-order valence-corrected chi connectivity index (χ0v) is 12.3. The SMILES string of the molecule is CC/C(=C\OC)P(c1ccccc1)c1ccccc1. The van der Waals surface area contributed by atoms with Crippen LogP contribution in [0.3, 0.4) is 0 Å². The first-order valence-corrected chi connectivity index (χ1v) is 7.83. The number of benzene rings is 2. The summed E-state index contributed by atoms with van der Waals surface area (Å²) < 4.78 is 5.27. The number of ether oxygens (including phenoxy) is 1. The lowest BCUT2D eigenvalue weighted by Crippen LogP contribution is -2.12. The Morgan fingerprint density at radius 1 is 0.947 bits per heavy atom. The van der Waals surface area contributed by atoms with E-state index in [9.17, 15) is 0 Å². The normalized spacial score (nSPS) is 11.6. The number of rotatable bonds is 5. The third-order valence-electron chi connectivity index (χ3n) is 2.93. The molecule has 0 aliphatic carbocycles. The van der Waals surface area contributed by atoms with E-state index >= 15 is 0 Å². The highest BCUT2D eigenvalue weighted by molar-refractivity contribution is 7.76. The molecule has 2 aromatic rings. The second-order valence-electron chi connectivity index (χ2n) is 4.20. The summed E-state index contributed by atoms with van der Waals surface area (Å²) >= 11 is 0. The fraction of sp³-hybridized carbons (Fsp3) is 0.176. The Balaban J connectivity index is 2.48. The minimum Gasteiger partial charge on any atom is -0.504 e. The van der Waals surface area contributed by atoms with Crippen LogP contribution in [0.15, 0.2) is 72.2 Å². The van der Waals surface area contributed by atoms with Crippen molar-refractivity contribution in [2.24, 2.45) is 0 Å². The molecule has 2 rings (SSSR count). The number of methoxy groups -OCH3 is 1. The summed E-state index contributed by atoms with van der Waals surface area (Å²) in [7, 11) is 1.24. The van der Waals surface area contributed by atoms with Crippen LogP contribution in [0.2, 0.25) is 0 Å². The molecule has 0 bridgehead atoms. The third kappa shape index (κ3) is 3.45. The predicted molar refractivity (Wildman–Crippen MR) is 84.5 cm³/mol. The molecule has 0 unspecified atom stereocenters. The van der Waals surface area contributed by atoms with Crippen LogP contribution in [-0.2, 0) is 4.74 Å². The first-order chi connectivity index (χ1) is 9.36. The Kier molecular flexibility index (Phi) is 5.18. The van der Waals surface area contributed by atoms with E-state index in [4.69, 9.17) is 4.74 Å². The first-order valence-electron chi connectivity index (χ1n) is 6.49. The van der Waals surface area contributed by atoms with Crippen molar-refractivity contribution in [3.8, 4) is 0 Å². The standard InChI is InChI=1S/C17H19OP/c1-3-15(14-18-2)19(16-10-6-4-7-11-16)17-12-8-5-9-13-17/h4-14H,3H2,1-2H3/b15-14+. The van der Waals surface area contributed by atoms with Gasteiger partial charge in [-0.15, -0.1) is 0 Å². The largest absolute Gasteiger partial charge is 0.504 e. The van der Waals surface area contributed by atoms with Crippen molar-refractivity contribution in [3.05, 3.63) is 72.2 Å².